The van der Waals surface area contributed by atoms with Gasteiger partial charge >= 0.3 is 6.03 Å². The van der Waals surface area contributed by atoms with E-state index in [9.17, 15) is 4.79 Å². The molecule has 0 bridgehead atoms. The van der Waals surface area contributed by atoms with Gasteiger partial charge in [0, 0.05) is 32.0 Å². The number of hydrogen-bond donors (Lipinski definition) is 2. The Bertz CT molecular complexity index is 701. The normalized spacial score (nSPS) is 11.8. The van der Waals surface area contributed by atoms with Gasteiger partial charge in [0.2, 0.25) is 0 Å². The summed E-state index contributed by atoms with van der Waals surface area (Å²) in [6, 6.07) is 4.91. The van der Waals surface area contributed by atoms with Crippen LogP contribution in [0.4, 0.5) is 10.5 Å². The summed E-state index contributed by atoms with van der Waals surface area (Å²) in [5.74, 6) is 1.43. The van der Waals surface area contributed by atoms with Gasteiger partial charge in [0.15, 0.2) is 5.82 Å². The Hall–Kier alpha value is -2.61. The first-order valence-corrected chi connectivity index (χ1v) is 8.14. The molecule has 1 heterocycles. The minimum atomic E-state index is -0.315. The number of nitrogens with zero attached hydrogens (tertiary/aromatic N) is 3. The summed E-state index contributed by atoms with van der Waals surface area (Å²) in [5, 5.41) is 13.7. The number of rotatable bonds is 8. The first-order chi connectivity index (χ1) is 12.0. The van der Waals surface area contributed by atoms with Crippen LogP contribution in [0, 0.1) is 6.92 Å². The van der Waals surface area contributed by atoms with Crippen molar-refractivity contribution in [1.82, 2.24) is 20.1 Å². The molecule has 0 saturated heterocycles. The lowest BCUT2D eigenvalue weighted by atomic mass is 10.2. The van der Waals surface area contributed by atoms with Crippen LogP contribution in [0.25, 0.3) is 0 Å². The number of aryl methyl sites for hydroxylation is 2. The third kappa shape index (κ3) is 5.18. The molecular formula is C17H25N5O3. The summed E-state index contributed by atoms with van der Waals surface area (Å²) in [6.07, 6.45) is 2.51. The Morgan fingerprint density at radius 3 is 2.88 bits per heavy atom. The Balaban J connectivity index is 1.95. The van der Waals surface area contributed by atoms with E-state index in [1.807, 2.05) is 30.5 Å². The predicted octanol–water partition coefficient (Wildman–Crippen LogP) is 2.51. The fourth-order valence-corrected chi connectivity index (χ4v) is 2.48. The third-order valence-corrected chi connectivity index (χ3v) is 3.79. The lowest BCUT2D eigenvalue weighted by molar-refractivity contribution is 0.189. The average Bonchev–Trinajstić information content (AvgIpc) is 3.05. The fourth-order valence-electron chi connectivity index (χ4n) is 2.48. The predicted molar refractivity (Wildman–Crippen MR) is 94.8 cm³/mol. The van der Waals surface area contributed by atoms with Crippen LogP contribution in [0.3, 0.4) is 0 Å². The first-order valence-electron chi connectivity index (χ1n) is 8.14. The minimum absolute atomic E-state index is 0.280. The Labute approximate surface area is 147 Å². The van der Waals surface area contributed by atoms with Gasteiger partial charge < -0.3 is 24.7 Å². The number of nitrogens with one attached hydrogen (secondary N) is 2. The van der Waals surface area contributed by atoms with E-state index in [0.717, 1.165) is 24.3 Å². The van der Waals surface area contributed by atoms with Crippen molar-refractivity contribution in [2.75, 3.05) is 26.1 Å². The van der Waals surface area contributed by atoms with Crippen molar-refractivity contribution >= 4 is 11.7 Å². The van der Waals surface area contributed by atoms with Crippen LogP contribution in [0.5, 0.6) is 5.75 Å². The van der Waals surface area contributed by atoms with Crippen molar-refractivity contribution in [1.29, 1.82) is 0 Å². The second-order valence-corrected chi connectivity index (χ2v) is 5.73. The molecule has 1 aromatic heterocycles. The van der Waals surface area contributed by atoms with Gasteiger partial charge in [0.25, 0.3) is 0 Å². The van der Waals surface area contributed by atoms with E-state index in [1.165, 1.54) is 0 Å². The highest BCUT2D eigenvalue weighted by atomic mass is 16.5. The van der Waals surface area contributed by atoms with Gasteiger partial charge in [-0.05, 0) is 31.9 Å². The average molecular weight is 347 g/mol. The lowest BCUT2D eigenvalue weighted by Crippen LogP contribution is -2.32. The monoisotopic (exact) mass is 347 g/mol. The molecule has 0 aliphatic rings. The zero-order valence-electron chi connectivity index (χ0n) is 15.1. The number of hydrogen-bond acceptors (Lipinski definition) is 5. The SMILES string of the molecule is COCCCn1cnnc1[C@@H](C)NC(=O)Nc1ccc(C)c(OC)c1. The van der Waals surface area contributed by atoms with Crippen molar-refractivity contribution in [3.05, 3.63) is 35.9 Å². The van der Waals surface area contributed by atoms with E-state index in [2.05, 4.69) is 20.8 Å². The number of urea groups is 1. The molecule has 136 valence electrons. The van der Waals surface area contributed by atoms with Gasteiger partial charge in [-0.15, -0.1) is 10.2 Å². The zero-order chi connectivity index (χ0) is 18.2. The lowest BCUT2D eigenvalue weighted by Gasteiger charge is -2.16. The summed E-state index contributed by atoms with van der Waals surface area (Å²) in [6.45, 7) is 5.21. The van der Waals surface area contributed by atoms with E-state index in [-0.39, 0.29) is 12.1 Å². The second-order valence-electron chi connectivity index (χ2n) is 5.73. The molecule has 2 aromatic rings. The zero-order valence-corrected chi connectivity index (χ0v) is 15.1. The molecule has 0 spiro atoms. The molecule has 2 amide bonds. The van der Waals surface area contributed by atoms with E-state index in [4.69, 9.17) is 9.47 Å². The largest absolute Gasteiger partial charge is 0.496 e. The van der Waals surface area contributed by atoms with Gasteiger partial charge in [-0.2, -0.15) is 0 Å². The Kier molecular flexibility index (Phi) is 6.76. The number of aromatic nitrogens is 3. The molecule has 8 heteroatoms. The van der Waals surface area contributed by atoms with Crippen molar-refractivity contribution in [2.24, 2.45) is 0 Å². The van der Waals surface area contributed by atoms with E-state index < -0.39 is 0 Å². The van der Waals surface area contributed by atoms with Crippen LogP contribution in [0.2, 0.25) is 0 Å². The Morgan fingerprint density at radius 2 is 2.16 bits per heavy atom. The van der Waals surface area contributed by atoms with Crippen LogP contribution in [0.15, 0.2) is 24.5 Å². The number of carbonyl (C=O) groups excluding carboxylic acids is 1. The maximum Gasteiger partial charge on any atom is 0.319 e. The van der Waals surface area contributed by atoms with Crippen LogP contribution in [0.1, 0.15) is 30.8 Å². The van der Waals surface area contributed by atoms with Crippen molar-refractivity contribution < 1.29 is 14.3 Å². The molecule has 25 heavy (non-hydrogen) atoms. The number of carbonyl (C=O) groups is 1. The third-order valence-electron chi connectivity index (χ3n) is 3.79. The topological polar surface area (TPSA) is 90.3 Å². The first kappa shape index (κ1) is 18.7. The highest BCUT2D eigenvalue weighted by molar-refractivity contribution is 5.89. The summed E-state index contributed by atoms with van der Waals surface area (Å²) >= 11 is 0. The van der Waals surface area contributed by atoms with Gasteiger partial charge in [-0.1, -0.05) is 6.07 Å². The standard InChI is InChI=1S/C17H25N5O3/c1-12-6-7-14(10-15(12)25-4)20-17(23)19-13(2)16-21-18-11-22(16)8-5-9-24-3/h6-7,10-11,13H,5,8-9H2,1-4H3,(H2,19,20,23)/t13-/m1/s1. The summed E-state index contributed by atoms with van der Waals surface area (Å²) in [5.41, 5.74) is 1.67. The van der Waals surface area contributed by atoms with Crippen LogP contribution in [-0.2, 0) is 11.3 Å². The van der Waals surface area contributed by atoms with Gasteiger partial charge in [-0.3, -0.25) is 0 Å². The van der Waals surface area contributed by atoms with Gasteiger partial charge in [0.1, 0.15) is 12.1 Å². The molecule has 2 rings (SSSR count). The number of methoxy groups -OCH3 is 2. The van der Waals surface area contributed by atoms with E-state index in [0.29, 0.717) is 18.1 Å². The fraction of sp³-hybridized carbons (Fsp3) is 0.471. The minimum Gasteiger partial charge on any atom is -0.496 e. The molecule has 0 aliphatic heterocycles. The van der Waals surface area contributed by atoms with Crippen molar-refractivity contribution in [3.63, 3.8) is 0 Å². The van der Waals surface area contributed by atoms with E-state index >= 15 is 0 Å². The van der Waals surface area contributed by atoms with Gasteiger partial charge in [-0.25, -0.2) is 4.79 Å². The second kappa shape index (κ2) is 9.03. The van der Waals surface area contributed by atoms with Gasteiger partial charge in [0.05, 0.1) is 13.2 Å². The molecule has 0 radical (unpaired) electrons. The molecule has 2 N–H and O–H groups in total. The maximum atomic E-state index is 12.2. The van der Waals surface area contributed by atoms with Crippen LogP contribution < -0.4 is 15.4 Å². The molecule has 0 aliphatic carbocycles. The molecule has 0 saturated carbocycles. The number of amides is 2. The Morgan fingerprint density at radius 1 is 1.36 bits per heavy atom. The molecular weight excluding hydrogens is 322 g/mol. The molecule has 0 fully saturated rings. The summed E-state index contributed by atoms with van der Waals surface area (Å²) in [7, 11) is 3.27. The molecule has 0 unspecified atom stereocenters. The molecule has 1 atom stereocenters. The summed E-state index contributed by atoms with van der Waals surface area (Å²) in [4.78, 5) is 12.2. The highest BCUT2D eigenvalue weighted by Crippen LogP contribution is 2.22. The van der Waals surface area contributed by atoms with Crippen LogP contribution >= 0.6 is 0 Å². The molecule has 8 nitrogen and oxygen atoms in total. The smallest absolute Gasteiger partial charge is 0.319 e. The highest BCUT2D eigenvalue weighted by Gasteiger charge is 2.16. The van der Waals surface area contributed by atoms with E-state index in [1.54, 1.807) is 26.6 Å². The molecule has 1 aromatic carbocycles. The van der Waals surface area contributed by atoms with Crippen molar-refractivity contribution in [2.45, 2.75) is 32.9 Å². The van der Waals surface area contributed by atoms with Crippen LogP contribution in [-0.4, -0.2) is 41.6 Å². The van der Waals surface area contributed by atoms with Crippen molar-refractivity contribution in [3.8, 4) is 5.75 Å². The summed E-state index contributed by atoms with van der Waals surface area (Å²) < 4.78 is 12.2. The number of ether oxygens (including phenoxy) is 2. The number of anilines is 1. The number of benzene rings is 1. The maximum absolute atomic E-state index is 12.2. The quantitative estimate of drug-likeness (QED) is 0.716.